The van der Waals surface area contributed by atoms with E-state index in [1.165, 1.54) is 27.8 Å². The zero-order valence-corrected chi connectivity index (χ0v) is 15.0. The molecule has 2 rings (SSSR count). The number of aryl methyl sites for hydroxylation is 4. The van der Waals surface area contributed by atoms with Crippen LogP contribution in [0.3, 0.4) is 0 Å². The molecule has 0 radical (unpaired) electrons. The van der Waals surface area contributed by atoms with E-state index in [1.807, 2.05) is 6.92 Å². The average Bonchev–Trinajstić information content (AvgIpc) is 2.36. The summed E-state index contributed by atoms with van der Waals surface area (Å²) in [5.74, 6) is 0.439. The van der Waals surface area contributed by atoms with Gasteiger partial charge in [-0.25, -0.2) is 0 Å². The molecule has 0 amide bonds. The molecule has 2 aromatic rings. The van der Waals surface area contributed by atoms with Gasteiger partial charge in [-0.05, 0) is 72.9 Å². The molecule has 0 aliphatic carbocycles. The first-order valence-electron chi connectivity index (χ1n) is 7.99. The molecular weight excluding hydrogens is 268 g/mol. The third-order valence-corrected chi connectivity index (χ3v) is 4.39. The number of phenolic OH excluding ortho intramolecular Hbond substituents is 1. The second-order valence-electron chi connectivity index (χ2n) is 7.61. The first kappa shape index (κ1) is 16.6. The van der Waals surface area contributed by atoms with Crippen LogP contribution in [0.4, 0.5) is 0 Å². The lowest BCUT2D eigenvalue weighted by Crippen LogP contribution is -2.12. The lowest BCUT2D eigenvalue weighted by molar-refractivity contribution is 0.442. The van der Waals surface area contributed by atoms with Crippen LogP contribution in [0.5, 0.6) is 5.75 Å². The van der Waals surface area contributed by atoms with Crippen molar-refractivity contribution in [2.75, 3.05) is 0 Å². The molecule has 0 saturated carbocycles. The van der Waals surface area contributed by atoms with Gasteiger partial charge in [0.25, 0.3) is 0 Å². The van der Waals surface area contributed by atoms with Gasteiger partial charge in [-0.2, -0.15) is 0 Å². The summed E-state index contributed by atoms with van der Waals surface area (Å²) in [5, 5.41) is 10.4. The van der Waals surface area contributed by atoms with Gasteiger partial charge in [-0.3, -0.25) is 0 Å². The summed E-state index contributed by atoms with van der Waals surface area (Å²) < 4.78 is 0. The molecule has 1 nitrogen and oxygen atoms in total. The van der Waals surface area contributed by atoms with Gasteiger partial charge >= 0.3 is 0 Å². The van der Waals surface area contributed by atoms with Crippen LogP contribution in [0.15, 0.2) is 24.3 Å². The Kier molecular flexibility index (Phi) is 4.37. The minimum atomic E-state index is -0.0534. The highest BCUT2D eigenvalue weighted by molar-refractivity contribution is 5.49. The molecule has 0 bridgehead atoms. The van der Waals surface area contributed by atoms with Crippen LogP contribution in [-0.2, 0) is 11.8 Å². The molecule has 2 aromatic carbocycles. The second kappa shape index (κ2) is 5.79. The molecule has 0 heterocycles. The summed E-state index contributed by atoms with van der Waals surface area (Å²) >= 11 is 0. The predicted molar refractivity (Wildman–Crippen MR) is 95.0 cm³/mol. The van der Waals surface area contributed by atoms with E-state index in [1.54, 1.807) is 0 Å². The molecule has 0 spiro atoms. The van der Waals surface area contributed by atoms with Crippen LogP contribution in [-0.4, -0.2) is 5.11 Å². The van der Waals surface area contributed by atoms with Crippen molar-refractivity contribution in [1.82, 2.24) is 0 Å². The monoisotopic (exact) mass is 296 g/mol. The zero-order valence-electron chi connectivity index (χ0n) is 15.0. The van der Waals surface area contributed by atoms with Crippen LogP contribution in [0.25, 0.3) is 0 Å². The summed E-state index contributed by atoms with van der Waals surface area (Å²) in [5.41, 5.74) is 8.63. The lowest BCUT2D eigenvalue weighted by atomic mass is 9.83. The predicted octanol–water partition coefficient (Wildman–Crippen LogP) is 5.51. The molecule has 0 aromatic heterocycles. The van der Waals surface area contributed by atoms with Crippen molar-refractivity contribution in [2.24, 2.45) is 0 Å². The van der Waals surface area contributed by atoms with Crippen LogP contribution >= 0.6 is 0 Å². The van der Waals surface area contributed by atoms with Gasteiger partial charge < -0.3 is 5.11 Å². The Hall–Kier alpha value is -1.76. The molecular formula is C21H28O. The second-order valence-corrected chi connectivity index (χ2v) is 7.61. The van der Waals surface area contributed by atoms with Crippen molar-refractivity contribution in [3.05, 3.63) is 63.2 Å². The number of phenols is 1. The molecule has 0 fully saturated rings. The van der Waals surface area contributed by atoms with Gasteiger partial charge in [0.15, 0.2) is 0 Å². The number of benzene rings is 2. The van der Waals surface area contributed by atoms with E-state index in [2.05, 4.69) is 65.8 Å². The molecule has 0 unspecified atom stereocenters. The smallest absolute Gasteiger partial charge is 0.122 e. The van der Waals surface area contributed by atoms with Crippen LogP contribution < -0.4 is 0 Å². The summed E-state index contributed by atoms with van der Waals surface area (Å²) in [4.78, 5) is 0. The minimum absolute atomic E-state index is 0.0534. The van der Waals surface area contributed by atoms with Gasteiger partial charge in [0.2, 0.25) is 0 Å². The largest absolute Gasteiger partial charge is 0.507 e. The highest BCUT2D eigenvalue weighted by Crippen LogP contribution is 2.35. The van der Waals surface area contributed by atoms with Gasteiger partial charge in [-0.15, -0.1) is 0 Å². The number of rotatable bonds is 2. The first-order chi connectivity index (χ1) is 10.1. The summed E-state index contributed by atoms with van der Waals surface area (Å²) in [6, 6.07) is 8.78. The summed E-state index contributed by atoms with van der Waals surface area (Å²) in [6.45, 7) is 14.9. The number of aromatic hydroxyl groups is 1. The van der Waals surface area contributed by atoms with Crippen LogP contribution in [0.1, 0.15) is 59.7 Å². The van der Waals surface area contributed by atoms with Crippen LogP contribution in [0, 0.1) is 27.7 Å². The maximum absolute atomic E-state index is 10.4. The lowest BCUT2D eigenvalue weighted by Gasteiger charge is -2.23. The third-order valence-electron chi connectivity index (χ3n) is 4.39. The van der Waals surface area contributed by atoms with Crippen molar-refractivity contribution < 1.29 is 5.11 Å². The minimum Gasteiger partial charge on any atom is -0.507 e. The zero-order chi connectivity index (χ0) is 16.7. The van der Waals surface area contributed by atoms with E-state index in [0.29, 0.717) is 5.75 Å². The van der Waals surface area contributed by atoms with Crippen molar-refractivity contribution in [1.29, 1.82) is 0 Å². The molecule has 0 aliphatic heterocycles. The van der Waals surface area contributed by atoms with Crippen LogP contribution in [0.2, 0.25) is 0 Å². The molecule has 0 saturated heterocycles. The number of hydrogen-bond acceptors (Lipinski definition) is 1. The fourth-order valence-corrected chi connectivity index (χ4v) is 3.22. The number of hydrogen-bond donors (Lipinski definition) is 1. The van der Waals surface area contributed by atoms with Gasteiger partial charge in [0.1, 0.15) is 5.75 Å². The SMILES string of the molecule is Cc1cc(C)c(Cc2cc(C)c(O)c(C(C)(C)C)c2)c(C)c1. The Bertz CT molecular complexity index is 680. The normalized spacial score (nSPS) is 11.8. The van der Waals surface area contributed by atoms with E-state index in [-0.39, 0.29) is 5.41 Å². The standard InChI is InChI=1S/C21H28O/c1-13-8-14(2)18(15(3)9-13)11-17-10-16(4)20(22)19(12-17)21(5,6)7/h8-10,12,22H,11H2,1-7H3. The molecule has 0 aliphatic rings. The fourth-order valence-electron chi connectivity index (χ4n) is 3.22. The first-order valence-corrected chi connectivity index (χ1v) is 7.99. The van der Waals surface area contributed by atoms with E-state index < -0.39 is 0 Å². The Morgan fingerprint density at radius 1 is 0.818 bits per heavy atom. The van der Waals surface area contributed by atoms with Crippen molar-refractivity contribution in [3.63, 3.8) is 0 Å². The highest BCUT2D eigenvalue weighted by Gasteiger charge is 2.20. The van der Waals surface area contributed by atoms with E-state index in [9.17, 15) is 5.11 Å². The fraction of sp³-hybridized carbons (Fsp3) is 0.429. The Balaban J connectivity index is 2.50. The Morgan fingerprint density at radius 3 is 1.86 bits per heavy atom. The maximum atomic E-state index is 10.4. The molecule has 22 heavy (non-hydrogen) atoms. The maximum Gasteiger partial charge on any atom is 0.122 e. The molecule has 1 N–H and O–H groups in total. The average molecular weight is 296 g/mol. The Morgan fingerprint density at radius 2 is 1.36 bits per heavy atom. The van der Waals surface area contributed by atoms with Crippen molar-refractivity contribution in [2.45, 2.75) is 60.3 Å². The summed E-state index contributed by atoms with van der Waals surface area (Å²) in [6.07, 6.45) is 0.919. The van der Waals surface area contributed by atoms with Crippen molar-refractivity contribution >= 4 is 0 Å². The van der Waals surface area contributed by atoms with Crippen molar-refractivity contribution in [3.8, 4) is 5.75 Å². The third kappa shape index (κ3) is 3.35. The van der Waals surface area contributed by atoms with Gasteiger partial charge in [0.05, 0.1) is 0 Å². The highest BCUT2D eigenvalue weighted by atomic mass is 16.3. The van der Waals surface area contributed by atoms with E-state index in [0.717, 1.165) is 17.5 Å². The quantitative estimate of drug-likeness (QED) is 0.774. The topological polar surface area (TPSA) is 20.2 Å². The Labute approximate surface area is 135 Å². The van der Waals surface area contributed by atoms with Gasteiger partial charge in [-0.1, -0.05) is 50.6 Å². The van der Waals surface area contributed by atoms with E-state index >= 15 is 0 Å². The molecule has 1 heteroatoms. The van der Waals surface area contributed by atoms with E-state index in [4.69, 9.17) is 0 Å². The molecule has 0 atom stereocenters. The summed E-state index contributed by atoms with van der Waals surface area (Å²) in [7, 11) is 0. The molecule has 118 valence electrons. The van der Waals surface area contributed by atoms with Gasteiger partial charge in [0, 0.05) is 0 Å².